The Bertz CT molecular complexity index is 347. The van der Waals surface area contributed by atoms with E-state index in [1.165, 1.54) is 11.8 Å². The summed E-state index contributed by atoms with van der Waals surface area (Å²) in [5.74, 6) is -4.63. The van der Waals surface area contributed by atoms with Gasteiger partial charge in [-0.1, -0.05) is 6.92 Å². The van der Waals surface area contributed by atoms with Gasteiger partial charge in [0.25, 0.3) is 0 Å². The molecule has 15 heavy (non-hydrogen) atoms. The lowest BCUT2D eigenvalue weighted by Crippen LogP contribution is -2.05. The SMILES string of the molecule is CCSCc1c(F)c(F)c(C)c(F)c1F. The predicted octanol–water partition coefficient (Wildman–Crippen LogP) is 3.80. The van der Waals surface area contributed by atoms with Crippen LogP contribution in [0.5, 0.6) is 0 Å². The van der Waals surface area contributed by atoms with Gasteiger partial charge in [-0.05, 0) is 12.7 Å². The molecule has 0 spiro atoms. The van der Waals surface area contributed by atoms with Crippen LogP contribution in [-0.2, 0) is 5.75 Å². The lowest BCUT2D eigenvalue weighted by atomic mass is 10.1. The second-order valence-electron chi connectivity index (χ2n) is 3.00. The minimum absolute atomic E-state index is 0.0672. The summed E-state index contributed by atoms with van der Waals surface area (Å²) in [4.78, 5) is 0. The number of hydrogen-bond acceptors (Lipinski definition) is 1. The molecule has 0 saturated heterocycles. The third-order valence-corrected chi connectivity index (χ3v) is 2.93. The molecule has 0 radical (unpaired) electrons. The fourth-order valence-corrected chi connectivity index (χ4v) is 1.78. The smallest absolute Gasteiger partial charge is 0.166 e. The summed E-state index contributed by atoms with van der Waals surface area (Å²) in [6.07, 6.45) is 0. The first kappa shape index (κ1) is 12.4. The summed E-state index contributed by atoms with van der Waals surface area (Å²) < 4.78 is 52.6. The van der Waals surface area contributed by atoms with Crippen LogP contribution < -0.4 is 0 Å². The minimum atomic E-state index is -1.30. The molecule has 0 aliphatic carbocycles. The van der Waals surface area contributed by atoms with E-state index in [0.29, 0.717) is 5.75 Å². The quantitative estimate of drug-likeness (QED) is 0.570. The van der Waals surface area contributed by atoms with Crippen molar-refractivity contribution >= 4 is 11.8 Å². The lowest BCUT2D eigenvalue weighted by Gasteiger charge is -2.08. The molecule has 1 aromatic rings. The topological polar surface area (TPSA) is 0 Å². The molecule has 1 aromatic carbocycles. The molecule has 0 fully saturated rings. The zero-order valence-electron chi connectivity index (χ0n) is 8.33. The second kappa shape index (κ2) is 4.88. The van der Waals surface area contributed by atoms with E-state index in [1.807, 2.05) is 0 Å². The first-order chi connectivity index (χ1) is 7.00. The summed E-state index contributed by atoms with van der Waals surface area (Å²) in [7, 11) is 0. The fourth-order valence-electron chi connectivity index (χ4n) is 1.12. The monoisotopic (exact) mass is 238 g/mol. The number of halogens is 4. The van der Waals surface area contributed by atoms with Crippen molar-refractivity contribution in [1.82, 2.24) is 0 Å². The molecule has 0 aliphatic heterocycles. The van der Waals surface area contributed by atoms with E-state index in [-0.39, 0.29) is 5.75 Å². The predicted molar refractivity (Wildman–Crippen MR) is 52.8 cm³/mol. The summed E-state index contributed by atoms with van der Waals surface area (Å²) in [6, 6.07) is 0. The number of benzene rings is 1. The molecule has 0 N–H and O–H groups in total. The van der Waals surface area contributed by atoms with Crippen LogP contribution in [0.4, 0.5) is 17.6 Å². The van der Waals surface area contributed by atoms with Gasteiger partial charge in [0.1, 0.15) is 0 Å². The van der Waals surface area contributed by atoms with Crippen molar-refractivity contribution in [1.29, 1.82) is 0 Å². The maximum Gasteiger partial charge on any atom is 0.166 e. The summed E-state index contributed by atoms with van der Waals surface area (Å²) in [6.45, 7) is 2.80. The van der Waals surface area contributed by atoms with Gasteiger partial charge in [-0.15, -0.1) is 0 Å². The first-order valence-corrected chi connectivity index (χ1v) is 5.55. The van der Waals surface area contributed by atoms with Gasteiger partial charge in [0.15, 0.2) is 23.3 Å². The normalized spacial score (nSPS) is 10.8. The molecule has 1 rings (SSSR count). The highest BCUT2D eigenvalue weighted by atomic mass is 32.2. The van der Waals surface area contributed by atoms with Gasteiger partial charge in [0.05, 0.1) is 0 Å². The van der Waals surface area contributed by atoms with Crippen LogP contribution >= 0.6 is 11.8 Å². The van der Waals surface area contributed by atoms with E-state index in [9.17, 15) is 17.6 Å². The standard InChI is InChI=1S/C10H10F4S/c1-3-15-4-6-9(13)7(11)5(2)8(12)10(6)14/h3-4H2,1-2H3. The van der Waals surface area contributed by atoms with Gasteiger partial charge >= 0.3 is 0 Å². The highest BCUT2D eigenvalue weighted by molar-refractivity contribution is 7.98. The molecule has 84 valence electrons. The lowest BCUT2D eigenvalue weighted by molar-refractivity contribution is 0.435. The van der Waals surface area contributed by atoms with Gasteiger partial charge in [-0.3, -0.25) is 0 Å². The van der Waals surface area contributed by atoms with Crippen molar-refractivity contribution in [2.75, 3.05) is 5.75 Å². The Labute approximate surface area is 89.7 Å². The maximum absolute atomic E-state index is 13.2. The maximum atomic E-state index is 13.2. The van der Waals surface area contributed by atoms with Crippen LogP contribution in [0.25, 0.3) is 0 Å². The molecule has 0 amide bonds. The zero-order chi connectivity index (χ0) is 11.6. The molecule has 0 saturated carbocycles. The Morgan fingerprint density at radius 3 is 1.80 bits per heavy atom. The highest BCUT2D eigenvalue weighted by Gasteiger charge is 2.22. The van der Waals surface area contributed by atoms with E-state index in [0.717, 1.165) is 6.92 Å². The van der Waals surface area contributed by atoms with Gasteiger partial charge in [0, 0.05) is 16.9 Å². The van der Waals surface area contributed by atoms with E-state index < -0.39 is 34.4 Å². The van der Waals surface area contributed by atoms with Gasteiger partial charge < -0.3 is 0 Å². The van der Waals surface area contributed by atoms with E-state index in [2.05, 4.69) is 0 Å². The third-order valence-electron chi connectivity index (χ3n) is 2.02. The molecule has 0 atom stereocenters. The summed E-state index contributed by atoms with van der Waals surface area (Å²) >= 11 is 1.20. The van der Waals surface area contributed by atoms with Crippen molar-refractivity contribution in [2.24, 2.45) is 0 Å². The average Bonchev–Trinajstić information content (AvgIpc) is 2.24. The highest BCUT2D eigenvalue weighted by Crippen LogP contribution is 2.26. The van der Waals surface area contributed by atoms with Crippen LogP contribution in [0, 0.1) is 30.2 Å². The Hall–Kier alpha value is -0.710. The van der Waals surface area contributed by atoms with Crippen molar-refractivity contribution in [3.05, 3.63) is 34.4 Å². The Balaban J connectivity index is 3.26. The molecule has 5 heteroatoms. The number of hydrogen-bond donors (Lipinski definition) is 0. The minimum Gasteiger partial charge on any atom is -0.203 e. The fraction of sp³-hybridized carbons (Fsp3) is 0.400. The Kier molecular flexibility index (Phi) is 4.02. The molecular formula is C10H10F4S. The Morgan fingerprint density at radius 1 is 0.933 bits per heavy atom. The van der Waals surface area contributed by atoms with E-state index in [4.69, 9.17) is 0 Å². The van der Waals surface area contributed by atoms with Crippen molar-refractivity contribution in [3.63, 3.8) is 0 Å². The van der Waals surface area contributed by atoms with Crippen LogP contribution in [0.2, 0.25) is 0 Å². The Morgan fingerprint density at radius 2 is 1.40 bits per heavy atom. The molecule has 0 heterocycles. The van der Waals surface area contributed by atoms with Gasteiger partial charge in [-0.2, -0.15) is 11.8 Å². The molecule has 0 aliphatic rings. The second-order valence-corrected chi connectivity index (χ2v) is 4.27. The zero-order valence-corrected chi connectivity index (χ0v) is 9.15. The molecule has 0 nitrogen and oxygen atoms in total. The van der Waals surface area contributed by atoms with Crippen molar-refractivity contribution < 1.29 is 17.6 Å². The van der Waals surface area contributed by atoms with Crippen LogP contribution in [0.15, 0.2) is 0 Å². The van der Waals surface area contributed by atoms with Crippen LogP contribution in [0.3, 0.4) is 0 Å². The molecular weight excluding hydrogens is 228 g/mol. The van der Waals surface area contributed by atoms with Crippen LogP contribution in [-0.4, -0.2) is 5.75 Å². The van der Waals surface area contributed by atoms with Crippen molar-refractivity contribution in [3.8, 4) is 0 Å². The first-order valence-electron chi connectivity index (χ1n) is 4.39. The average molecular weight is 238 g/mol. The molecule has 0 unspecified atom stereocenters. The third kappa shape index (κ3) is 2.27. The largest absolute Gasteiger partial charge is 0.203 e. The number of thioether (sulfide) groups is 1. The van der Waals surface area contributed by atoms with Gasteiger partial charge in [-0.25, -0.2) is 17.6 Å². The molecule has 0 aromatic heterocycles. The summed E-state index contributed by atoms with van der Waals surface area (Å²) in [5, 5.41) is 0. The van der Waals surface area contributed by atoms with Crippen molar-refractivity contribution in [2.45, 2.75) is 19.6 Å². The number of rotatable bonds is 3. The molecule has 0 bridgehead atoms. The van der Waals surface area contributed by atoms with E-state index >= 15 is 0 Å². The summed E-state index contributed by atoms with van der Waals surface area (Å²) in [5.41, 5.74) is -1.14. The van der Waals surface area contributed by atoms with Gasteiger partial charge in [0.2, 0.25) is 0 Å². The van der Waals surface area contributed by atoms with Crippen LogP contribution in [0.1, 0.15) is 18.1 Å². The van der Waals surface area contributed by atoms with E-state index in [1.54, 1.807) is 6.92 Å².